The molecule has 2 rings (SSSR count). The molecule has 98 valence electrons. The van der Waals surface area contributed by atoms with Crippen molar-refractivity contribution in [2.45, 2.75) is 18.7 Å². The first-order chi connectivity index (χ1) is 8.56. The van der Waals surface area contributed by atoms with Crippen LogP contribution >= 0.6 is 0 Å². The molecule has 0 radical (unpaired) electrons. The lowest BCUT2D eigenvalue weighted by molar-refractivity contribution is 0.0313. The number of halogens is 1. The van der Waals surface area contributed by atoms with Gasteiger partial charge in [0.15, 0.2) is 0 Å². The van der Waals surface area contributed by atoms with E-state index in [4.69, 9.17) is 14.8 Å². The van der Waals surface area contributed by atoms with E-state index in [1.54, 1.807) is 24.3 Å². The predicted octanol–water partition coefficient (Wildman–Crippen LogP) is -0.213. The second kappa shape index (κ2) is 5.69. The van der Waals surface area contributed by atoms with Gasteiger partial charge in [-0.15, -0.1) is 0 Å². The van der Waals surface area contributed by atoms with Crippen LogP contribution in [0.1, 0.15) is 6.42 Å². The Labute approximate surface area is 106 Å². The van der Waals surface area contributed by atoms with E-state index in [0.29, 0.717) is 24.2 Å². The lowest BCUT2D eigenvalue weighted by Gasteiger charge is -2.32. The highest BCUT2D eigenvalue weighted by Crippen LogP contribution is 2.19. The van der Waals surface area contributed by atoms with Crippen molar-refractivity contribution in [2.75, 3.05) is 20.1 Å². The van der Waals surface area contributed by atoms with Crippen LogP contribution in [0.2, 0.25) is 0 Å². The van der Waals surface area contributed by atoms with Gasteiger partial charge in [-0.05, 0) is 31.1 Å². The number of rotatable bonds is 3. The van der Waals surface area contributed by atoms with E-state index >= 15 is 0 Å². The Balaban J connectivity index is 1.96. The molecule has 2 N–H and O–H groups in total. The first kappa shape index (κ1) is 13.3. The molecule has 0 spiro atoms. The molecule has 0 unspecified atom stereocenters. The SMILES string of the molecule is CN1CC[C@@H](Oc2ccc(B(O)O)cc2)[C@@H](F)C1. The summed E-state index contributed by atoms with van der Waals surface area (Å²) in [4.78, 5) is 1.94. The van der Waals surface area contributed by atoms with Gasteiger partial charge in [-0.2, -0.15) is 0 Å². The predicted molar refractivity (Wildman–Crippen MR) is 67.7 cm³/mol. The Morgan fingerprint density at radius 2 is 2.00 bits per heavy atom. The van der Waals surface area contributed by atoms with Crippen molar-refractivity contribution in [3.8, 4) is 5.75 Å². The molecule has 1 saturated heterocycles. The molecule has 6 heteroatoms. The molecule has 1 aliphatic heterocycles. The zero-order valence-corrected chi connectivity index (χ0v) is 10.3. The van der Waals surface area contributed by atoms with Gasteiger partial charge in [0.1, 0.15) is 18.0 Å². The van der Waals surface area contributed by atoms with E-state index in [-0.39, 0.29) is 0 Å². The van der Waals surface area contributed by atoms with Gasteiger partial charge in [0.05, 0.1) is 0 Å². The van der Waals surface area contributed by atoms with Crippen LogP contribution in [-0.4, -0.2) is 54.5 Å². The summed E-state index contributed by atoms with van der Waals surface area (Å²) in [5.41, 5.74) is 0.391. The number of ether oxygens (including phenoxy) is 1. The van der Waals surface area contributed by atoms with E-state index < -0.39 is 19.4 Å². The monoisotopic (exact) mass is 253 g/mol. The summed E-state index contributed by atoms with van der Waals surface area (Å²) in [5.74, 6) is 0.552. The van der Waals surface area contributed by atoms with Crippen molar-refractivity contribution in [3.05, 3.63) is 24.3 Å². The van der Waals surface area contributed by atoms with E-state index in [9.17, 15) is 4.39 Å². The molecule has 18 heavy (non-hydrogen) atoms. The Kier molecular flexibility index (Phi) is 4.21. The van der Waals surface area contributed by atoms with Crippen molar-refractivity contribution in [1.29, 1.82) is 0 Å². The quantitative estimate of drug-likeness (QED) is 0.732. The first-order valence-corrected chi connectivity index (χ1v) is 6.01. The van der Waals surface area contributed by atoms with Gasteiger partial charge in [0.25, 0.3) is 0 Å². The third kappa shape index (κ3) is 3.22. The fraction of sp³-hybridized carbons (Fsp3) is 0.500. The largest absolute Gasteiger partial charge is 0.488 e. The smallest absolute Gasteiger partial charge is 0.487 e. The number of nitrogens with zero attached hydrogens (tertiary/aromatic N) is 1. The van der Waals surface area contributed by atoms with Crippen LogP contribution in [0, 0.1) is 0 Å². The normalized spacial score (nSPS) is 24.9. The molecule has 2 atom stereocenters. The number of likely N-dealkylation sites (tertiary alicyclic amines) is 1. The summed E-state index contributed by atoms with van der Waals surface area (Å²) in [5, 5.41) is 17.9. The first-order valence-electron chi connectivity index (χ1n) is 6.01. The Bertz CT molecular complexity index is 387. The Morgan fingerprint density at radius 3 is 2.56 bits per heavy atom. The third-order valence-corrected chi connectivity index (χ3v) is 3.15. The number of hydrogen-bond acceptors (Lipinski definition) is 4. The second-order valence-corrected chi connectivity index (χ2v) is 4.67. The van der Waals surface area contributed by atoms with Crippen LogP contribution in [-0.2, 0) is 0 Å². The van der Waals surface area contributed by atoms with Crippen molar-refractivity contribution >= 4 is 12.6 Å². The van der Waals surface area contributed by atoms with E-state index in [1.807, 2.05) is 11.9 Å². The van der Waals surface area contributed by atoms with E-state index in [1.165, 1.54) is 0 Å². The molecule has 1 aromatic carbocycles. The van der Waals surface area contributed by atoms with Crippen LogP contribution in [0.25, 0.3) is 0 Å². The summed E-state index contributed by atoms with van der Waals surface area (Å²) in [7, 11) is 0.400. The molecule has 4 nitrogen and oxygen atoms in total. The molecule has 1 heterocycles. The molecule has 1 aromatic rings. The van der Waals surface area contributed by atoms with Crippen molar-refractivity contribution in [1.82, 2.24) is 4.90 Å². The number of piperidine rings is 1. The topological polar surface area (TPSA) is 52.9 Å². The van der Waals surface area contributed by atoms with Gasteiger partial charge < -0.3 is 19.7 Å². The third-order valence-electron chi connectivity index (χ3n) is 3.15. The average molecular weight is 253 g/mol. The van der Waals surface area contributed by atoms with Gasteiger partial charge in [-0.3, -0.25) is 0 Å². The summed E-state index contributed by atoms with van der Waals surface area (Å²) in [6.45, 7) is 1.20. The summed E-state index contributed by atoms with van der Waals surface area (Å²) >= 11 is 0. The zero-order chi connectivity index (χ0) is 13.1. The van der Waals surface area contributed by atoms with Gasteiger partial charge in [0.2, 0.25) is 0 Å². The Hall–Kier alpha value is -1.11. The van der Waals surface area contributed by atoms with E-state index in [0.717, 1.165) is 6.54 Å². The summed E-state index contributed by atoms with van der Waals surface area (Å²) in [6.07, 6.45) is -0.764. The van der Waals surface area contributed by atoms with Gasteiger partial charge in [0, 0.05) is 13.1 Å². The molecule has 0 aliphatic carbocycles. The molecule has 1 aliphatic rings. The van der Waals surface area contributed by atoms with E-state index in [2.05, 4.69) is 0 Å². The molecule has 1 fully saturated rings. The van der Waals surface area contributed by atoms with Crippen LogP contribution in [0.5, 0.6) is 5.75 Å². The van der Waals surface area contributed by atoms with Crippen LogP contribution < -0.4 is 10.2 Å². The van der Waals surface area contributed by atoms with Crippen molar-refractivity contribution in [2.24, 2.45) is 0 Å². The van der Waals surface area contributed by atoms with Crippen LogP contribution in [0.15, 0.2) is 24.3 Å². The standard InChI is InChI=1S/C12H17BFNO3/c1-15-7-6-12(11(14)8-15)18-10-4-2-9(3-5-10)13(16)17/h2-5,11-12,16-17H,6-8H2,1H3/t11-,12+/m0/s1. The Morgan fingerprint density at radius 1 is 1.33 bits per heavy atom. The zero-order valence-electron chi connectivity index (χ0n) is 10.3. The van der Waals surface area contributed by atoms with Gasteiger partial charge in [-0.1, -0.05) is 12.1 Å². The van der Waals surface area contributed by atoms with Crippen LogP contribution in [0.4, 0.5) is 4.39 Å². The molecule has 0 aromatic heterocycles. The minimum Gasteiger partial charge on any atom is -0.487 e. The fourth-order valence-corrected chi connectivity index (χ4v) is 2.06. The van der Waals surface area contributed by atoms with Gasteiger partial charge >= 0.3 is 7.12 Å². The lowest BCUT2D eigenvalue weighted by Crippen LogP contribution is -2.45. The maximum absolute atomic E-state index is 13.7. The molecule has 0 saturated carbocycles. The molecule has 0 bridgehead atoms. The molecular formula is C12H17BFNO3. The maximum Gasteiger partial charge on any atom is 0.488 e. The maximum atomic E-state index is 13.7. The summed E-state index contributed by atoms with van der Waals surface area (Å²) in [6, 6.07) is 6.37. The minimum absolute atomic E-state index is 0.387. The summed E-state index contributed by atoms with van der Waals surface area (Å²) < 4.78 is 19.3. The number of benzene rings is 1. The molecule has 0 amide bonds. The highest BCUT2D eigenvalue weighted by molar-refractivity contribution is 6.58. The highest BCUT2D eigenvalue weighted by Gasteiger charge is 2.29. The lowest BCUT2D eigenvalue weighted by atomic mass is 9.80. The number of hydrogen-bond donors (Lipinski definition) is 2. The van der Waals surface area contributed by atoms with Crippen molar-refractivity contribution < 1.29 is 19.2 Å². The fourth-order valence-electron chi connectivity index (χ4n) is 2.06. The van der Waals surface area contributed by atoms with Gasteiger partial charge in [-0.25, -0.2) is 4.39 Å². The number of alkyl halides is 1. The average Bonchev–Trinajstić information content (AvgIpc) is 2.33. The van der Waals surface area contributed by atoms with Crippen molar-refractivity contribution in [3.63, 3.8) is 0 Å². The minimum atomic E-state index is -1.49. The highest BCUT2D eigenvalue weighted by atomic mass is 19.1. The van der Waals surface area contributed by atoms with Crippen LogP contribution in [0.3, 0.4) is 0 Å². The molecular weight excluding hydrogens is 236 g/mol. The second-order valence-electron chi connectivity index (χ2n) is 4.67.